The van der Waals surface area contributed by atoms with E-state index in [0.29, 0.717) is 18.4 Å². The molecule has 1 atom stereocenters. The van der Waals surface area contributed by atoms with Crippen LogP contribution in [0.4, 0.5) is 8.78 Å². The highest BCUT2D eigenvalue weighted by molar-refractivity contribution is 5.74. The second kappa shape index (κ2) is 6.82. The maximum atomic E-state index is 13.2. The third-order valence-electron chi connectivity index (χ3n) is 2.79. The van der Waals surface area contributed by atoms with E-state index in [0.717, 1.165) is 12.1 Å². The van der Waals surface area contributed by atoms with Crippen molar-refractivity contribution in [1.82, 2.24) is 4.90 Å². The Labute approximate surface area is 110 Å². The van der Waals surface area contributed by atoms with Crippen LogP contribution in [-0.2, 0) is 14.3 Å². The van der Waals surface area contributed by atoms with Crippen LogP contribution in [-0.4, -0.2) is 30.9 Å². The predicted octanol–water partition coefficient (Wildman–Crippen LogP) is 2.05. The minimum Gasteiger partial charge on any atom is -0.468 e. The molecule has 19 heavy (non-hydrogen) atoms. The normalized spacial score (nSPS) is 11.8. The number of carbonyl (C=O) groups excluding carboxylic acids is 2. The van der Waals surface area contributed by atoms with E-state index < -0.39 is 23.6 Å². The molecule has 1 amide bonds. The van der Waals surface area contributed by atoms with Gasteiger partial charge in [-0.05, 0) is 24.1 Å². The molecular formula is C13H15F2NO3. The molecule has 0 aliphatic rings. The van der Waals surface area contributed by atoms with E-state index in [1.54, 1.807) is 6.92 Å². The lowest BCUT2D eigenvalue weighted by atomic mass is 10.0. The van der Waals surface area contributed by atoms with Gasteiger partial charge in [-0.25, -0.2) is 8.78 Å². The molecule has 0 aliphatic heterocycles. The van der Waals surface area contributed by atoms with Crippen LogP contribution >= 0.6 is 0 Å². The van der Waals surface area contributed by atoms with Crippen molar-refractivity contribution in [3.05, 3.63) is 35.4 Å². The topological polar surface area (TPSA) is 46.6 Å². The van der Waals surface area contributed by atoms with E-state index >= 15 is 0 Å². The Morgan fingerprint density at radius 3 is 2.58 bits per heavy atom. The molecule has 0 spiro atoms. The van der Waals surface area contributed by atoms with Crippen LogP contribution in [0.15, 0.2) is 18.2 Å². The first-order valence-corrected chi connectivity index (χ1v) is 5.76. The van der Waals surface area contributed by atoms with E-state index in [1.807, 2.05) is 0 Å². The monoisotopic (exact) mass is 271 g/mol. The summed E-state index contributed by atoms with van der Waals surface area (Å²) in [7, 11) is 1.21. The molecule has 4 nitrogen and oxygen atoms in total. The van der Waals surface area contributed by atoms with Crippen molar-refractivity contribution >= 4 is 12.4 Å². The lowest BCUT2D eigenvalue weighted by Crippen LogP contribution is -2.33. The Balaban J connectivity index is 2.99. The largest absolute Gasteiger partial charge is 0.468 e. The number of benzene rings is 1. The molecule has 0 fully saturated rings. The SMILES string of the molecule is CC[C@@H](c1ccc(F)c(F)c1)N(C=O)CC(=O)OC. The van der Waals surface area contributed by atoms with E-state index in [2.05, 4.69) is 4.74 Å². The summed E-state index contributed by atoms with van der Waals surface area (Å²) in [4.78, 5) is 23.4. The number of hydrogen-bond donors (Lipinski definition) is 0. The second-order valence-electron chi connectivity index (χ2n) is 3.95. The van der Waals surface area contributed by atoms with Crippen molar-refractivity contribution in [2.24, 2.45) is 0 Å². The molecule has 0 heterocycles. The number of nitrogens with zero attached hydrogens (tertiary/aromatic N) is 1. The Morgan fingerprint density at radius 2 is 2.11 bits per heavy atom. The van der Waals surface area contributed by atoms with Gasteiger partial charge in [-0.3, -0.25) is 9.59 Å². The highest BCUT2D eigenvalue weighted by Gasteiger charge is 2.21. The van der Waals surface area contributed by atoms with Gasteiger partial charge in [0.2, 0.25) is 6.41 Å². The molecule has 0 aliphatic carbocycles. The van der Waals surface area contributed by atoms with Crippen molar-refractivity contribution in [2.45, 2.75) is 19.4 Å². The molecule has 0 aromatic heterocycles. The molecular weight excluding hydrogens is 256 g/mol. The van der Waals surface area contributed by atoms with Gasteiger partial charge in [0.1, 0.15) is 6.54 Å². The number of ether oxygens (including phenoxy) is 1. The van der Waals surface area contributed by atoms with Gasteiger partial charge in [-0.15, -0.1) is 0 Å². The van der Waals surface area contributed by atoms with E-state index in [-0.39, 0.29) is 6.54 Å². The Kier molecular flexibility index (Phi) is 5.41. The van der Waals surface area contributed by atoms with E-state index in [1.165, 1.54) is 18.1 Å². The van der Waals surface area contributed by atoms with Gasteiger partial charge in [0, 0.05) is 0 Å². The summed E-state index contributed by atoms with van der Waals surface area (Å²) >= 11 is 0. The van der Waals surface area contributed by atoms with Crippen molar-refractivity contribution < 1.29 is 23.1 Å². The summed E-state index contributed by atoms with van der Waals surface area (Å²) < 4.78 is 30.6. The summed E-state index contributed by atoms with van der Waals surface area (Å²) in [6, 6.07) is 2.90. The maximum absolute atomic E-state index is 13.2. The van der Waals surface area contributed by atoms with Crippen LogP contribution in [0.3, 0.4) is 0 Å². The molecule has 0 N–H and O–H groups in total. The first-order valence-electron chi connectivity index (χ1n) is 5.76. The molecule has 0 saturated carbocycles. The van der Waals surface area contributed by atoms with E-state index in [9.17, 15) is 18.4 Å². The zero-order valence-electron chi connectivity index (χ0n) is 10.7. The van der Waals surface area contributed by atoms with Crippen LogP contribution in [0.2, 0.25) is 0 Å². The van der Waals surface area contributed by atoms with Crippen LogP contribution in [0.1, 0.15) is 24.9 Å². The summed E-state index contributed by atoms with van der Waals surface area (Å²) in [5, 5.41) is 0. The summed E-state index contributed by atoms with van der Waals surface area (Å²) in [6.45, 7) is 1.54. The quantitative estimate of drug-likeness (QED) is 0.587. The third-order valence-corrected chi connectivity index (χ3v) is 2.79. The molecule has 104 valence electrons. The van der Waals surface area contributed by atoms with Gasteiger partial charge in [-0.1, -0.05) is 13.0 Å². The molecule has 0 unspecified atom stereocenters. The molecule has 0 bridgehead atoms. The fourth-order valence-electron chi connectivity index (χ4n) is 1.82. The molecule has 1 rings (SSSR count). The third kappa shape index (κ3) is 3.74. The highest BCUT2D eigenvalue weighted by Crippen LogP contribution is 2.24. The summed E-state index contributed by atoms with van der Waals surface area (Å²) in [5.74, 6) is -2.52. The van der Waals surface area contributed by atoms with Crippen molar-refractivity contribution in [3.63, 3.8) is 0 Å². The van der Waals surface area contributed by atoms with Gasteiger partial charge in [-0.2, -0.15) is 0 Å². The van der Waals surface area contributed by atoms with Gasteiger partial charge >= 0.3 is 5.97 Å². The van der Waals surface area contributed by atoms with Crippen molar-refractivity contribution in [2.75, 3.05) is 13.7 Å². The summed E-state index contributed by atoms with van der Waals surface area (Å²) in [5.41, 5.74) is 0.428. The number of hydrogen-bond acceptors (Lipinski definition) is 3. The first-order chi connectivity index (χ1) is 9.03. The number of carbonyl (C=O) groups is 2. The van der Waals surface area contributed by atoms with Gasteiger partial charge in [0.05, 0.1) is 13.2 Å². The molecule has 1 aromatic carbocycles. The van der Waals surface area contributed by atoms with Crippen LogP contribution in [0, 0.1) is 11.6 Å². The molecule has 1 aromatic rings. The van der Waals surface area contributed by atoms with Crippen LogP contribution in [0.5, 0.6) is 0 Å². The van der Waals surface area contributed by atoms with Gasteiger partial charge in [0.25, 0.3) is 0 Å². The fraction of sp³-hybridized carbons (Fsp3) is 0.385. The molecule has 0 saturated heterocycles. The number of halogens is 2. The number of amides is 1. The van der Waals surface area contributed by atoms with E-state index in [4.69, 9.17) is 0 Å². The number of rotatable bonds is 6. The Bertz CT molecular complexity index is 465. The zero-order chi connectivity index (χ0) is 14.4. The molecule has 6 heteroatoms. The number of methoxy groups -OCH3 is 1. The first kappa shape index (κ1) is 15.1. The standard InChI is InChI=1S/C13H15F2NO3/c1-3-12(16(8-17)7-13(18)19-2)9-4-5-10(14)11(15)6-9/h4-6,8,12H,3,7H2,1-2H3/t12-/m0/s1. The van der Waals surface area contributed by atoms with Crippen molar-refractivity contribution in [3.8, 4) is 0 Å². The zero-order valence-corrected chi connectivity index (χ0v) is 10.7. The smallest absolute Gasteiger partial charge is 0.325 e. The average Bonchev–Trinajstić information content (AvgIpc) is 2.41. The van der Waals surface area contributed by atoms with Crippen molar-refractivity contribution in [1.29, 1.82) is 0 Å². The fourth-order valence-corrected chi connectivity index (χ4v) is 1.82. The van der Waals surface area contributed by atoms with Gasteiger partial charge in [0.15, 0.2) is 11.6 Å². The Morgan fingerprint density at radius 1 is 1.42 bits per heavy atom. The Hall–Kier alpha value is -1.98. The number of esters is 1. The second-order valence-corrected chi connectivity index (χ2v) is 3.95. The average molecular weight is 271 g/mol. The van der Waals surface area contributed by atoms with Crippen LogP contribution in [0.25, 0.3) is 0 Å². The maximum Gasteiger partial charge on any atom is 0.325 e. The lowest BCUT2D eigenvalue weighted by Gasteiger charge is -2.26. The minimum atomic E-state index is -0.986. The summed E-state index contributed by atoms with van der Waals surface area (Å²) in [6.07, 6.45) is 0.952. The van der Waals surface area contributed by atoms with Gasteiger partial charge < -0.3 is 9.64 Å². The predicted molar refractivity (Wildman–Crippen MR) is 64.2 cm³/mol. The van der Waals surface area contributed by atoms with Crippen LogP contribution < -0.4 is 0 Å². The minimum absolute atomic E-state index is 0.239. The highest BCUT2D eigenvalue weighted by atomic mass is 19.2. The lowest BCUT2D eigenvalue weighted by molar-refractivity contribution is -0.145. The molecule has 0 radical (unpaired) electrons.